The Kier molecular flexibility index (Phi) is 7.19. The summed E-state index contributed by atoms with van der Waals surface area (Å²) >= 11 is 0. The number of nitrogens with zero attached hydrogens (tertiary/aromatic N) is 4. The van der Waals surface area contributed by atoms with Gasteiger partial charge in [-0.15, -0.1) is 10.2 Å². The predicted octanol–water partition coefficient (Wildman–Crippen LogP) is 4.91. The number of aryl methyl sites for hydroxylation is 2. The first-order valence-corrected chi connectivity index (χ1v) is 11.7. The van der Waals surface area contributed by atoms with Crippen molar-refractivity contribution in [2.75, 3.05) is 37.0 Å². The summed E-state index contributed by atoms with van der Waals surface area (Å²) in [6, 6.07) is 17.2. The number of anilines is 2. The largest absolute Gasteiger partial charge is 0.497 e. The molecule has 4 rings (SSSR count). The molecule has 0 saturated heterocycles. The predicted molar refractivity (Wildman–Crippen MR) is 139 cm³/mol. The van der Waals surface area contributed by atoms with Crippen LogP contribution in [-0.4, -0.2) is 47.7 Å². The molecule has 8 heteroatoms. The second kappa shape index (κ2) is 10.5. The first-order valence-electron chi connectivity index (χ1n) is 11.7. The van der Waals surface area contributed by atoms with E-state index in [0.29, 0.717) is 17.0 Å². The van der Waals surface area contributed by atoms with E-state index in [1.54, 1.807) is 36.2 Å². The molecule has 0 radical (unpaired) electrons. The first kappa shape index (κ1) is 24.1. The molecule has 1 N–H and O–H groups in total. The summed E-state index contributed by atoms with van der Waals surface area (Å²) in [6.07, 6.45) is 0. The van der Waals surface area contributed by atoms with Crippen molar-refractivity contribution in [2.45, 2.75) is 27.7 Å². The first-order chi connectivity index (χ1) is 16.9. The maximum absolute atomic E-state index is 12.5. The third-order valence-electron chi connectivity index (χ3n) is 5.95. The minimum Gasteiger partial charge on any atom is -0.497 e. The van der Waals surface area contributed by atoms with Crippen LogP contribution in [0.3, 0.4) is 0 Å². The summed E-state index contributed by atoms with van der Waals surface area (Å²) in [7, 11) is 1.60. The van der Waals surface area contributed by atoms with Crippen LogP contribution in [0.2, 0.25) is 0 Å². The van der Waals surface area contributed by atoms with Crippen molar-refractivity contribution in [1.29, 1.82) is 0 Å². The fourth-order valence-corrected chi connectivity index (χ4v) is 3.97. The minimum atomic E-state index is -0.251. The summed E-state index contributed by atoms with van der Waals surface area (Å²) in [6.45, 7) is 10.1. The number of benzene rings is 3. The van der Waals surface area contributed by atoms with Crippen molar-refractivity contribution < 1.29 is 14.3 Å². The Labute approximate surface area is 205 Å². The number of methoxy groups -OCH3 is 1. The van der Waals surface area contributed by atoms with Crippen LogP contribution in [0.25, 0.3) is 16.7 Å². The zero-order valence-corrected chi connectivity index (χ0v) is 20.8. The van der Waals surface area contributed by atoms with Crippen LogP contribution in [0.15, 0.2) is 54.6 Å². The number of hydrogen-bond acceptors (Lipinski definition) is 6. The van der Waals surface area contributed by atoms with E-state index in [4.69, 9.17) is 9.47 Å². The second-order valence-corrected chi connectivity index (χ2v) is 8.30. The standard InChI is InChI=1S/C27H31N5O3/c1-6-31(7-2)20-8-13-26(19(4)14-20)32-29-24-15-18(3)23(16-25(24)30-32)28-27(33)17-35-22-11-9-21(34-5)10-12-22/h8-16H,6-7,17H2,1-5H3,(H,28,33). The molecule has 8 nitrogen and oxygen atoms in total. The Morgan fingerprint density at radius 1 is 0.914 bits per heavy atom. The van der Waals surface area contributed by atoms with Crippen LogP contribution in [0.5, 0.6) is 11.5 Å². The van der Waals surface area contributed by atoms with Crippen molar-refractivity contribution in [1.82, 2.24) is 15.0 Å². The van der Waals surface area contributed by atoms with Crippen molar-refractivity contribution in [3.8, 4) is 17.2 Å². The van der Waals surface area contributed by atoms with Gasteiger partial charge in [-0.25, -0.2) is 0 Å². The molecule has 1 aromatic heterocycles. The van der Waals surface area contributed by atoms with E-state index in [0.717, 1.165) is 41.2 Å². The lowest BCUT2D eigenvalue weighted by atomic mass is 10.1. The summed E-state index contributed by atoms with van der Waals surface area (Å²) in [4.78, 5) is 16.5. The van der Waals surface area contributed by atoms with E-state index in [1.165, 1.54) is 5.69 Å². The summed E-state index contributed by atoms with van der Waals surface area (Å²) < 4.78 is 10.7. The van der Waals surface area contributed by atoms with Crippen LogP contribution in [-0.2, 0) is 4.79 Å². The van der Waals surface area contributed by atoms with Gasteiger partial charge < -0.3 is 19.7 Å². The Balaban J connectivity index is 1.49. The second-order valence-electron chi connectivity index (χ2n) is 8.30. The third-order valence-corrected chi connectivity index (χ3v) is 5.95. The molecular formula is C27H31N5O3. The number of fused-ring (bicyclic) bond motifs is 1. The van der Waals surface area contributed by atoms with Gasteiger partial charge in [0.25, 0.3) is 5.91 Å². The molecule has 182 valence electrons. The molecule has 0 unspecified atom stereocenters. The lowest BCUT2D eigenvalue weighted by molar-refractivity contribution is -0.118. The Morgan fingerprint density at radius 3 is 2.20 bits per heavy atom. The highest BCUT2D eigenvalue weighted by Crippen LogP contribution is 2.25. The molecule has 0 aliphatic carbocycles. The summed E-state index contributed by atoms with van der Waals surface area (Å²) in [5.41, 5.74) is 6.25. The molecule has 0 bridgehead atoms. The number of carbonyl (C=O) groups excluding carboxylic acids is 1. The molecule has 0 saturated carbocycles. The molecule has 0 spiro atoms. The average molecular weight is 474 g/mol. The number of amides is 1. The Morgan fingerprint density at radius 2 is 1.57 bits per heavy atom. The van der Waals surface area contributed by atoms with Gasteiger partial charge in [0.05, 0.1) is 12.8 Å². The van der Waals surface area contributed by atoms with E-state index in [1.807, 2.05) is 25.1 Å². The Bertz CT molecular complexity index is 1330. The number of nitrogens with one attached hydrogen (secondary N) is 1. The van der Waals surface area contributed by atoms with Crippen LogP contribution in [0, 0.1) is 13.8 Å². The topological polar surface area (TPSA) is 81.5 Å². The van der Waals surface area contributed by atoms with Gasteiger partial charge in [-0.05, 0) is 93.4 Å². The van der Waals surface area contributed by atoms with Crippen LogP contribution >= 0.6 is 0 Å². The summed E-state index contributed by atoms with van der Waals surface area (Å²) in [5, 5.41) is 12.3. The molecular weight excluding hydrogens is 442 g/mol. The molecule has 35 heavy (non-hydrogen) atoms. The molecule has 0 atom stereocenters. The zero-order chi connectivity index (χ0) is 24.9. The smallest absolute Gasteiger partial charge is 0.262 e. The van der Waals surface area contributed by atoms with Gasteiger partial charge >= 0.3 is 0 Å². The highest BCUT2D eigenvalue weighted by atomic mass is 16.5. The fraction of sp³-hybridized carbons (Fsp3) is 0.296. The van der Waals surface area contributed by atoms with E-state index in [9.17, 15) is 4.79 Å². The number of aromatic nitrogens is 3. The zero-order valence-electron chi connectivity index (χ0n) is 20.8. The van der Waals surface area contributed by atoms with Crippen LogP contribution in [0.4, 0.5) is 11.4 Å². The third kappa shape index (κ3) is 5.37. The van der Waals surface area contributed by atoms with Gasteiger partial charge in [0, 0.05) is 24.5 Å². The van der Waals surface area contributed by atoms with Gasteiger partial charge in [-0.1, -0.05) is 0 Å². The monoisotopic (exact) mass is 473 g/mol. The average Bonchev–Trinajstić information content (AvgIpc) is 3.26. The van der Waals surface area contributed by atoms with Gasteiger partial charge in [-0.2, -0.15) is 4.80 Å². The van der Waals surface area contributed by atoms with E-state index < -0.39 is 0 Å². The highest BCUT2D eigenvalue weighted by molar-refractivity contribution is 5.95. The minimum absolute atomic E-state index is 0.103. The summed E-state index contributed by atoms with van der Waals surface area (Å²) in [5.74, 6) is 1.07. The van der Waals surface area contributed by atoms with Crippen molar-refractivity contribution >= 4 is 28.3 Å². The van der Waals surface area contributed by atoms with Gasteiger partial charge in [0.2, 0.25) is 0 Å². The SMILES string of the molecule is CCN(CC)c1ccc(-n2nc3cc(C)c(NC(=O)COc4ccc(OC)cc4)cc3n2)c(C)c1. The number of hydrogen-bond donors (Lipinski definition) is 1. The van der Waals surface area contributed by atoms with Crippen molar-refractivity contribution in [3.05, 3.63) is 65.7 Å². The maximum Gasteiger partial charge on any atom is 0.262 e. The number of ether oxygens (including phenoxy) is 2. The normalized spacial score (nSPS) is 10.9. The van der Waals surface area contributed by atoms with E-state index in [2.05, 4.69) is 53.3 Å². The number of carbonyl (C=O) groups is 1. The molecule has 0 aliphatic heterocycles. The molecule has 0 fully saturated rings. The van der Waals surface area contributed by atoms with Gasteiger partial charge in [-0.3, -0.25) is 4.79 Å². The molecule has 0 aliphatic rings. The van der Waals surface area contributed by atoms with E-state index >= 15 is 0 Å². The Hall–Kier alpha value is -4.07. The van der Waals surface area contributed by atoms with Crippen molar-refractivity contribution in [3.63, 3.8) is 0 Å². The molecule has 4 aromatic rings. The highest BCUT2D eigenvalue weighted by Gasteiger charge is 2.13. The lowest BCUT2D eigenvalue weighted by Gasteiger charge is -2.22. The molecule has 1 amide bonds. The van der Waals surface area contributed by atoms with Crippen LogP contribution in [0.1, 0.15) is 25.0 Å². The molecule has 1 heterocycles. The lowest BCUT2D eigenvalue weighted by Crippen LogP contribution is -2.21. The number of rotatable bonds is 9. The molecule has 3 aromatic carbocycles. The van der Waals surface area contributed by atoms with Crippen molar-refractivity contribution in [2.24, 2.45) is 0 Å². The maximum atomic E-state index is 12.5. The van der Waals surface area contributed by atoms with Crippen LogP contribution < -0.4 is 19.7 Å². The van der Waals surface area contributed by atoms with E-state index in [-0.39, 0.29) is 12.5 Å². The van der Waals surface area contributed by atoms with Gasteiger partial charge in [0.1, 0.15) is 22.5 Å². The fourth-order valence-electron chi connectivity index (χ4n) is 3.97. The van der Waals surface area contributed by atoms with Gasteiger partial charge in [0.15, 0.2) is 6.61 Å². The quantitative estimate of drug-likeness (QED) is 0.372.